The predicted molar refractivity (Wildman–Crippen MR) is 138 cm³/mol. The molecule has 7 nitrogen and oxygen atoms in total. The van der Waals surface area contributed by atoms with Gasteiger partial charge >= 0.3 is 5.97 Å². The zero-order valence-corrected chi connectivity index (χ0v) is 22.1. The van der Waals surface area contributed by atoms with E-state index in [4.69, 9.17) is 4.74 Å². The van der Waals surface area contributed by atoms with E-state index in [2.05, 4.69) is 20.9 Å². The van der Waals surface area contributed by atoms with Crippen LogP contribution in [-0.4, -0.2) is 29.6 Å². The Bertz CT molecular complexity index is 1640. The van der Waals surface area contributed by atoms with Crippen molar-refractivity contribution in [2.24, 2.45) is 4.99 Å². The topological polar surface area (TPSA) is 81.0 Å². The van der Waals surface area contributed by atoms with E-state index in [9.17, 15) is 18.8 Å². The quantitative estimate of drug-likeness (QED) is 0.451. The van der Waals surface area contributed by atoms with Crippen molar-refractivity contribution in [1.29, 1.82) is 0 Å². The minimum absolute atomic E-state index is 0.146. The number of aromatic nitrogens is 1. The van der Waals surface area contributed by atoms with Gasteiger partial charge in [0.25, 0.3) is 11.5 Å². The van der Waals surface area contributed by atoms with Crippen molar-refractivity contribution in [2.75, 3.05) is 18.1 Å². The normalized spacial score (nSPS) is 18.2. The molecule has 1 amide bonds. The smallest absolute Gasteiger partial charge is 0.338 e. The van der Waals surface area contributed by atoms with Crippen molar-refractivity contribution in [3.8, 4) is 0 Å². The molecule has 0 spiro atoms. The van der Waals surface area contributed by atoms with Crippen LogP contribution in [0.3, 0.4) is 0 Å². The molecule has 0 saturated carbocycles. The summed E-state index contributed by atoms with van der Waals surface area (Å²) in [7, 11) is 0. The fraction of sp³-hybridized carbons (Fsp3) is 0.231. The van der Waals surface area contributed by atoms with Gasteiger partial charge in [0.1, 0.15) is 10.3 Å². The third kappa shape index (κ3) is 3.75. The van der Waals surface area contributed by atoms with Crippen LogP contribution in [0.15, 0.2) is 68.0 Å². The summed E-state index contributed by atoms with van der Waals surface area (Å²) in [5, 5.41) is 0. The number of fused-ring (bicyclic) bond motifs is 2. The van der Waals surface area contributed by atoms with Gasteiger partial charge in [0.05, 0.1) is 35.2 Å². The van der Waals surface area contributed by atoms with Crippen LogP contribution in [0.2, 0.25) is 0 Å². The molecular weight excluding hydrogens is 549 g/mol. The summed E-state index contributed by atoms with van der Waals surface area (Å²) in [4.78, 5) is 46.9. The molecule has 0 N–H and O–H groups in total. The summed E-state index contributed by atoms with van der Waals surface area (Å²) in [5.74, 6) is -1.31. The van der Waals surface area contributed by atoms with E-state index in [0.717, 1.165) is 21.5 Å². The summed E-state index contributed by atoms with van der Waals surface area (Å²) in [6.07, 6.45) is 0. The maximum atomic E-state index is 14.0. The Hall–Kier alpha value is -3.37. The van der Waals surface area contributed by atoms with Crippen LogP contribution in [0, 0.1) is 5.82 Å². The second-order valence-corrected chi connectivity index (χ2v) is 10.2. The first-order valence-corrected chi connectivity index (χ1v) is 13.0. The number of ether oxygens (including phenoxy) is 1. The van der Waals surface area contributed by atoms with Gasteiger partial charge in [-0.15, -0.1) is 0 Å². The van der Waals surface area contributed by atoms with Gasteiger partial charge in [0, 0.05) is 16.6 Å². The standard InChI is InChI=1S/C26H21BrFN3O4S/c1-4-30-18-11-8-15(27)12-17(18)20(23(30)32)22-24(33)31-21(14-6-9-16(28)10-7-14)19(25(34)35-5-2)13(3)29-26(31)36-22/h6-12,21H,4-5H2,1-3H3/b22-20+/t21-/m1/s1. The lowest BCUT2D eigenvalue weighted by molar-refractivity contribution is -0.139. The maximum absolute atomic E-state index is 14.0. The van der Waals surface area contributed by atoms with Crippen molar-refractivity contribution in [2.45, 2.75) is 26.8 Å². The molecule has 0 fully saturated rings. The number of likely N-dealkylation sites (N-methyl/N-ethyl adjacent to an activating group) is 1. The lowest BCUT2D eigenvalue weighted by Crippen LogP contribution is -2.41. The van der Waals surface area contributed by atoms with E-state index in [1.54, 1.807) is 18.7 Å². The molecule has 10 heteroatoms. The van der Waals surface area contributed by atoms with Gasteiger partial charge in [-0.25, -0.2) is 14.2 Å². The number of nitrogens with zero attached hydrogens (tertiary/aromatic N) is 3. The predicted octanol–water partition coefficient (Wildman–Crippen LogP) is 3.44. The molecular formula is C26H21BrFN3O4S. The molecule has 5 rings (SSSR count). The highest BCUT2D eigenvalue weighted by atomic mass is 79.9. The van der Waals surface area contributed by atoms with Crippen LogP contribution in [0.5, 0.6) is 0 Å². The number of halogens is 2. The first-order chi connectivity index (χ1) is 17.3. The molecule has 0 unspecified atom stereocenters. The average Bonchev–Trinajstić information content (AvgIpc) is 3.30. The molecule has 2 aliphatic rings. The lowest BCUT2D eigenvalue weighted by Gasteiger charge is -2.24. The first kappa shape index (κ1) is 24.3. The van der Waals surface area contributed by atoms with Gasteiger partial charge in [0.15, 0.2) is 4.80 Å². The van der Waals surface area contributed by atoms with Crippen molar-refractivity contribution in [1.82, 2.24) is 4.57 Å². The largest absolute Gasteiger partial charge is 0.463 e. The SMILES string of the molecule is CCOC(=O)C1=C(C)N=c2s/c(=C3/C(=O)N(CC)c4ccc(Br)cc43)c(=O)n2[C@@H]1c1ccc(F)cc1. The summed E-state index contributed by atoms with van der Waals surface area (Å²) in [6.45, 7) is 5.83. The van der Waals surface area contributed by atoms with Crippen LogP contribution < -0.4 is 19.8 Å². The summed E-state index contributed by atoms with van der Waals surface area (Å²) >= 11 is 4.57. The molecule has 1 atom stereocenters. The zero-order valence-electron chi connectivity index (χ0n) is 19.7. The molecule has 36 heavy (non-hydrogen) atoms. The van der Waals surface area contributed by atoms with Crippen LogP contribution in [0.25, 0.3) is 5.57 Å². The Morgan fingerprint density at radius 2 is 1.89 bits per heavy atom. The highest BCUT2D eigenvalue weighted by Crippen LogP contribution is 2.37. The van der Waals surface area contributed by atoms with Crippen LogP contribution in [0.1, 0.15) is 37.9 Å². The number of hydrogen-bond acceptors (Lipinski definition) is 6. The minimum atomic E-state index is -0.879. The van der Waals surface area contributed by atoms with E-state index in [1.807, 2.05) is 25.1 Å². The van der Waals surface area contributed by atoms with Crippen molar-refractivity contribution >= 4 is 50.4 Å². The number of benzene rings is 2. The van der Waals surface area contributed by atoms with E-state index in [0.29, 0.717) is 33.7 Å². The zero-order chi connectivity index (χ0) is 25.7. The maximum Gasteiger partial charge on any atom is 0.338 e. The van der Waals surface area contributed by atoms with Crippen molar-refractivity contribution in [3.05, 3.63) is 94.8 Å². The van der Waals surface area contributed by atoms with Crippen LogP contribution >= 0.6 is 27.3 Å². The van der Waals surface area contributed by atoms with E-state index < -0.39 is 23.4 Å². The molecule has 2 aliphatic heterocycles. The fourth-order valence-electron chi connectivity index (χ4n) is 4.64. The molecule has 184 valence electrons. The Morgan fingerprint density at radius 3 is 2.56 bits per heavy atom. The Kier molecular flexibility index (Phi) is 6.25. The number of rotatable bonds is 4. The summed E-state index contributed by atoms with van der Waals surface area (Å²) < 4.78 is 21.4. The van der Waals surface area contributed by atoms with Crippen molar-refractivity contribution in [3.63, 3.8) is 0 Å². The van der Waals surface area contributed by atoms with Gasteiger partial charge < -0.3 is 9.64 Å². The van der Waals surface area contributed by atoms with Crippen molar-refractivity contribution < 1.29 is 18.7 Å². The first-order valence-electron chi connectivity index (χ1n) is 11.4. The van der Waals surface area contributed by atoms with Gasteiger partial charge in [-0.1, -0.05) is 39.4 Å². The molecule has 3 aromatic rings. The van der Waals surface area contributed by atoms with Crippen LogP contribution in [0.4, 0.5) is 10.1 Å². The molecule has 3 heterocycles. The molecule has 0 aliphatic carbocycles. The number of esters is 1. The number of carbonyl (C=O) groups excluding carboxylic acids is 2. The van der Waals surface area contributed by atoms with Gasteiger partial charge in [0.2, 0.25) is 0 Å². The lowest BCUT2D eigenvalue weighted by atomic mass is 9.96. The van der Waals surface area contributed by atoms with Gasteiger partial charge in [-0.2, -0.15) is 0 Å². The highest BCUT2D eigenvalue weighted by molar-refractivity contribution is 9.10. The number of thiazole rings is 1. The Morgan fingerprint density at radius 1 is 1.17 bits per heavy atom. The highest BCUT2D eigenvalue weighted by Gasteiger charge is 2.37. The summed E-state index contributed by atoms with van der Waals surface area (Å²) in [5.41, 5.74) is 2.36. The second-order valence-electron chi connectivity index (χ2n) is 8.26. The second kappa shape index (κ2) is 9.25. The van der Waals surface area contributed by atoms with E-state index in [1.165, 1.54) is 28.8 Å². The summed E-state index contributed by atoms with van der Waals surface area (Å²) in [6, 6.07) is 10.3. The van der Waals surface area contributed by atoms with Gasteiger partial charge in [-0.3, -0.25) is 14.2 Å². The molecule has 0 radical (unpaired) electrons. The fourth-order valence-corrected chi connectivity index (χ4v) is 6.14. The Labute approximate surface area is 218 Å². The molecule has 2 aromatic carbocycles. The third-order valence-corrected chi connectivity index (χ3v) is 7.75. The molecule has 0 bridgehead atoms. The third-order valence-electron chi connectivity index (χ3n) is 6.20. The molecule has 1 aromatic heterocycles. The average molecular weight is 570 g/mol. The molecule has 0 saturated heterocycles. The number of anilines is 1. The number of amides is 1. The number of carbonyl (C=O) groups is 2. The van der Waals surface area contributed by atoms with Crippen LogP contribution in [-0.2, 0) is 14.3 Å². The Balaban J connectivity index is 1.83. The number of hydrogen-bond donors (Lipinski definition) is 0. The number of allylic oxidation sites excluding steroid dienone is 1. The monoisotopic (exact) mass is 569 g/mol. The minimum Gasteiger partial charge on any atom is -0.463 e. The van der Waals surface area contributed by atoms with E-state index >= 15 is 0 Å². The van der Waals surface area contributed by atoms with Gasteiger partial charge in [-0.05, 0) is 56.7 Å². The van der Waals surface area contributed by atoms with E-state index in [-0.39, 0.29) is 22.6 Å².